The van der Waals surface area contributed by atoms with E-state index in [1.54, 1.807) is 42.2 Å². The normalized spacial score (nSPS) is 10.7. The maximum Gasteiger partial charge on any atom is 0.336 e. The summed E-state index contributed by atoms with van der Waals surface area (Å²) < 4.78 is 12.2. The van der Waals surface area contributed by atoms with Crippen LogP contribution >= 0.6 is 0 Å². The van der Waals surface area contributed by atoms with Crippen molar-refractivity contribution in [2.24, 2.45) is 7.05 Å². The Kier molecular flexibility index (Phi) is 4.05. The molecule has 0 unspecified atom stereocenters. The number of nitrogens with one attached hydrogen (secondary N) is 1. The van der Waals surface area contributed by atoms with Crippen LogP contribution in [0.4, 0.5) is 0 Å². The maximum atomic E-state index is 11.8. The van der Waals surface area contributed by atoms with Gasteiger partial charge in [-0.25, -0.2) is 4.79 Å². The van der Waals surface area contributed by atoms with Crippen molar-refractivity contribution in [3.63, 3.8) is 0 Å². The highest BCUT2D eigenvalue weighted by Crippen LogP contribution is 2.19. The number of aromatic nitrogens is 3. The third-order valence-electron chi connectivity index (χ3n) is 3.21. The molecule has 1 aromatic carbocycles. The average Bonchev–Trinajstić information content (AvgIpc) is 2.95. The number of fused-ring (bicyclic) bond motifs is 1. The van der Waals surface area contributed by atoms with Gasteiger partial charge >= 0.3 is 5.63 Å². The van der Waals surface area contributed by atoms with Crippen molar-refractivity contribution < 1.29 is 13.9 Å². The SMILES string of the molecule is Cn1cnnc1CNC(=O)COc1ccc2ccc(=O)oc2c1. The molecule has 2 heterocycles. The second-order valence-electron chi connectivity index (χ2n) is 4.88. The molecule has 1 amide bonds. The van der Waals surface area contributed by atoms with Gasteiger partial charge in [-0.05, 0) is 18.2 Å². The molecule has 0 aliphatic heterocycles. The minimum atomic E-state index is -0.434. The van der Waals surface area contributed by atoms with Crippen LogP contribution in [0.15, 0.2) is 45.9 Å². The lowest BCUT2D eigenvalue weighted by Gasteiger charge is -2.07. The Bertz CT molecular complexity index is 900. The molecule has 0 fully saturated rings. The predicted molar refractivity (Wildman–Crippen MR) is 80.8 cm³/mol. The van der Waals surface area contributed by atoms with E-state index in [1.165, 1.54) is 6.07 Å². The van der Waals surface area contributed by atoms with E-state index in [4.69, 9.17) is 9.15 Å². The van der Waals surface area contributed by atoms with Gasteiger partial charge in [0.05, 0.1) is 6.54 Å². The molecule has 2 aromatic heterocycles. The number of nitrogens with zero attached hydrogens (tertiary/aromatic N) is 3. The Morgan fingerprint density at radius 1 is 1.35 bits per heavy atom. The zero-order valence-electron chi connectivity index (χ0n) is 12.4. The van der Waals surface area contributed by atoms with E-state index >= 15 is 0 Å². The predicted octanol–water partition coefficient (Wildman–Crippen LogP) is 0.617. The summed E-state index contributed by atoms with van der Waals surface area (Å²) in [6.07, 6.45) is 1.56. The van der Waals surface area contributed by atoms with E-state index in [0.717, 1.165) is 5.39 Å². The summed E-state index contributed by atoms with van der Waals surface area (Å²) >= 11 is 0. The fourth-order valence-electron chi connectivity index (χ4n) is 1.98. The molecule has 0 atom stereocenters. The Balaban J connectivity index is 1.58. The van der Waals surface area contributed by atoms with Crippen LogP contribution in [0.5, 0.6) is 5.75 Å². The number of carbonyl (C=O) groups excluding carboxylic acids is 1. The van der Waals surface area contributed by atoms with E-state index in [-0.39, 0.29) is 19.1 Å². The topological polar surface area (TPSA) is 99.3 Å². The van der Waals surface area contributed by atoms with E-state index in [0.29, 0.717) is 17.2 Å². The molecule has 3 rings (SSSR count). The van der Waals surface area contributed by atoms with Gasteiger partial charge < -0.3 is 19.0 Å². The summed E-state index contributed by atoms with van der Waals surface area (Å²) in [5.74, 6) is 0.800. The van der Waals surface area contributed by atoms with Gasteiger partial charge in [-0.1, -0.05) is 0 Å². The lowest BCUT2D eigenvalue weighted by molar-refractivity contribution is -0.123. The fourth-order valence-corrected chi connectivity index (χ4v) is 1.98. The molecule has 0 aliphatic rings. The number of amides is 1. The molecule has 0 saturated heterocycles. The second kappa shape index (κ2) is 6.30. The van der Waals surface area contributed by atoms with Crippen molar-refractivity contribution in [2.45, 2.75) is 6.54 Å². The number of ether oxygens (including phenoxy) is 1. The van der Waals surface area contributed by atoms with Crippen molar-refractivity contribution in [1.82, 2.24) is 20.1 Å². The summed E-state index contributed by atoms with van der Waals surface area (Å²) in [4.78, 5) is 23.0. The Morgan fingerprint density at radius 3 is 2.96 bits per heavy atom. The Morgan fingerprint density at radius 2 is 2.17 bits per heavy atom. The minimum Gasteiger partial charge on any atom is -0.484 e. The number of carbonyl (C=O) groups is 1. The van der Waals surface area contributed by atoms with Gasteiger partial charge in [-0.15, -0.1) is 10.2 Å². The molecule has 23 heavy (non-hydrogen) atoms. The molecule has 1 N–H and O–H groups in total. The molecule has 118 valence electrons. The first-order valence-corrected chi connectivity index (χ1v) is 6.88. The average molecular weight is 314 g/mol. The highest BCUT2D eigenvalue weighted by atomic mass is 16.5. The summed E-state index contributed by atoms with van der Waals surface area (Å²) in [6.45, 7) is 0.117. The van der Waals surface area contributed by atoms with Gasteiger partial charge in [-0.3, -0.25) is 4.79 Å². The standard InChI is InChI=1S/C15H14N4O4/c1-19-9-17-18-13(19)7-16-14(20)8-22-11-4-2-10-3-5-15(21)23-12(10)6-11/h2-6,9H,7-8H2,1H3,(H,16,20). The van der Waals surface area contributed by atoms with Crippen molar-refractivity contribution in [2.75, 3.05) is 6.61 Å². The number of hydrogen-bond donors (Lipinski definition) is 1. The Hall–Kier alpha value is -3.16. The lowest BCUT2D eigenvalue weighted by Crippen LogP contribution is -2.29. The summed E-state index contributed by atoms with van der Waals surface area (Å²) in [7, 11) is 1.79. The van der Waals surface area contributed by atoms with Crippen molar-refractivity contribution in [3.8, 4) is 5.75 Å². The van der Waals surface area contributed by atoms with Crippen molar-refractivity contribution in [1.29, 1.82) is 0 Å². The molecule has 0 saturated carbocycles. The summed E-state index contributed by atoms with van der Waals surface area (Å²) in [5, 5.41) is 11.1. The van der Waals surface area contributed by atoms with Gasteiger partial charge in [0, 0.05) is 24.6 Å². The molecule has 0 aliphatic carbocycles. The number of aryl methyl sites for hydroxylation is 1. The Labute approximate surface area is 130 Å². The largest absolute Gasteiger partial charge is 0.484 e. The summed E-state index contributed by atoms with van der Waals surface area (Å²) in [5.41, 5.74) is -0.0226. The van der Waals surface area contributed by atoms with Gasteiger partial charge in [0.2, 0.25) is 0 Å². The third kappa shape index (κ3) is 3.54. The maximum absolute atomic E-state index is 11.8. The molecule has 8 heteroatoms. The third-order valence-corrected chi connectivity index (χ3v) is 3.21. The van der Waals surface area contributed by atoms with E-state index in [2.05, 4.69) is 15.5 Å². The smallest absolute Gasteiger partial charge is 0.336 e. The summed E-state index contributed by atoms with van der Waals surface area (Å²) in [6, 6.07) is 8.05. The molecular weight excluding hydrogens is 300 g/mol. The van der Waals surface area contributed by atoms with Crippen LogP contribution in [0.1, 0.15) is 5.82 Å². The molecule has 3 aromatic rings. The van der Waals surface area contributed by atoms with Crippen LogP contribution in [0.3, 0.4) is 0 Å². The second-order valence-corrected chi connectivity index (χ2v) is 4.88. The lowest BCUT2D eigenvalue weighted by atomic mass is 10.2. The first-order valence-electron chi connectivity index (χ1n) is 6.88. The molecule has 0 radical (unpaired) electrons. The highest BCUT2D eigenvalue weighted by molar-refractivity contribution is 5.79. The van der Waals surface area contributed by atoms with E-state index in [1.807, 2.05) is 0 Å². The van der Waals surface area contributed by atoms with Crippen molar-refractivity contribution in [3.05, 3.63) is 52.9 Å². The van der Waals surface area contributed by atoms with Crippen molar-refractivity contribution >= 4 is 16.9 Å². The van der Waals surface area contributed by atoms with Crippen LogP contribution in [-0.4, -0.2) is 27.3 Å². The first kappa shape index (κ1) is 14.8. The monoisotopic (exact) mass is 314 g/mol. The van der Waals surface area contributed by atoms with E-state index in [9.17, 15) is 9.59 Å². The minimum absolute atomic E-state index is 0.152. The van der Waals surface area contributed by atoms with Crippen LogP contribution < -0.4 is 15.7 Å². The first-order chi connectivity index (χ1) is 11.1. The van der Waals surface area contributed by atoms with Gasteiger partial charge in [0.1, 0.15) is 17.7 Å². The molecule has 0 spiro atoms. The molecular formula is C15H14N4O4. The fraction of sp³-hybridized carbons (Fsp3) is 0.200. The van der Waals surface area contributed by atoms with Gasteiger partial charge in [0.25, 0.3) is 5.91 Å². The zero-order chi connectivity index (χ0) is 16.2. The molecule has 0 bridgehead atoms. The van der Waals surface area contributed by atoms with E-state index < -0.39 is 5.63 Å². The van der Waals surface area contributed by atoms with Crippen LogP contribution in [0.25, 0.3) is 11.0 Å². The van der Waals surface area contributed by atoms with Crippen LogP contribution in [-0.2, 0) is 18.4 Å². The number of hydrogen-bond acceptors (Lipinski definition) is 6. The van der Waals surface area contributed by atoms with Gasteiger partial charge in [0.15, 0.2) is 12.4 Å². The van der Waals surface area contributed by atoms with Crippen LogP contribution in [0, 0.1) is 0 Å². The highest BCUT2D eigenvalue weighted by Gasteiger charge is 2.07. The zero-order valence-corrected chi connectivity index (χ0v) is 12.4. The number of benzene rings is 1. The molecule has 8 nitrogen and oxygen atoms in total. The number of rotatable bonds is 5. The van der Waals surface area contributed by atoms with Crippen LogP contribution in [0.2, 0.25) is 0 Å². The quantitative estimate of drug-likeness (QED) is 0.693. The van der Waals surface area contributed by atoms with Gasteiger partial charge in [-0.2, -0.15) is 0 Å².